The molecule has 166 valence electrons. The zero-order valence-corrected chi connectivity index (χ0v) is 18.2. The van der Waals surface area contributed by atoms with Gasteiger partial charge in [-0.15, -0.1) is 0 Å². The highest BCUT2D eigenvalue weighted by Crippen LogP contribution is 2.29. The number of oxime groups is 1. The molecule has 0 fully saturated rings. The second kappa shape index (κ2) is 10.1. The van der Waals surface area contributed by atoms with Gasteiger partial charge in [0.1, 0.15) is 5.82 Å². The number of carbonyl (C=O) groups excluding carboxylic acids is 1. The van der Waals surface area contributed by atoms with Crippen molar-refractivity contribution in [1.82, 2.24) is 10.2 Å². The van der Waals surface area contributed by atoms with Crippen LogP contribution < -0.4 is 14.8 Å². The summed E-state index contributed by atoms with van der Waals surface area (Å²) in [5.74, 6) is 0.905. The first-order valence-corrected chi connectivity index (χ1v) is 10.1. The van der Waals surface area contributed by atoms with Crippen molar-refractivity contribution in [1.29, 1.82) is 0 Å². The van der Waals surface area contributed by atoms with E-state index < -0.39 is 0 Å². The standard InChI is InChI=1S/C23H28FN3O4/c1-15(2)25-23(28)27(13-16-6-5-7-18(24)10-16)14-19-12-20(26-31-19)17-8-9-21(29-3)22(11-17)30-4/h5-11,15,19H,12-14H2,1-4H3,(H,25,28). The van der Waals surface area contributed by atoms with E-state index in [1.54, 1.807) is 31.3 Å². The molecule has 3 rings (SSSR count). The van der Waals surface area contributed by atoms with Crippen LogP contribution >= 0.6 is 0 Å². The van der Waals surface area contributed by atoms with Gasteiger partial charge in [0.15, 0.2) is 17.6 Å². The normalized spacial score (nSPS) is 15.3. The summed E-state index contributed by atoms with van der Waals surface area (Å²) in [7, 11) is 3.16. The third kappa shape index (κ3) is 5.87. The first-order valence-electron chi connectivity index (χ1n) is 10.1. The minimum atomic E-state index is -0.335. The molecular weight excluding hydrogens is 401 g/mol. The van der Waals surface area contributed by atoms with Crippen LogP contribution in [0.3, 0.4) is 0 Å². The molecule has 8 heteroatoms. The molecule has 0 aliphatic carbocycles. The maximum atomic E-state index is 13.6. The summed E-state index contributed by atoms with van der Waals surface area (Å²) >= 11 is 0. The van der Waals surface area contributed by atoms with Crippen LogP contribution in [0, 0.1) is 5.82 Å². The molecule has 0 saturated heterocycles. The molecule has 0 aromatic heterocycles. The molecular formula is C23H28FN3O4. The molecule has 0 bridgehead atoms. The SMILES string of the molecule is COc1ccc(C2=NOC(CN(Cc3cccc(F)c3)C(=O)NC(C)C)C2)cc1OC. The molecule has 2 aromatic rings. The highest BCUT2D eigenvalue weighted by atomic mass is 19.1. The van der Waals surface area contributed by atoms with Gasteiger partial charge in [-0.1, -0.05) is 17.3 Å². The Morgan fingerprint density at radius 3 is 2.68 bits per heavy atom. The Morgan fingerprint density at radius 1 is 1.23 bits per heavy atom. The van der Waals surface area contributed by atoms with Gasteiger partial charge in [0.25, 0.3) is 0 Å². The second-order valence-electron chi connectivity index (χ2n) is 7.65. The fourth-order valence-corrected chi connectivity index (χ4v) is 3.37. The van der Waals surface area contributed by atoms with Crippen molar-refractivity contribution < 1.29 is 23.5 Å². The Bertz CT molecular complexity index is 948. The van der Waals surface area contributed by atoms with E-state index in [9.17, 15) is 9.18 Å². The smallest absolute Gasteiger partial charge is 0.318 e. The number of hydrogen-bond acceptors (Lipinski definition) is 5. The molecule has 2 aromatic carbocycles. The average molecular weight is 429 g/mol. The summed E-state index contributed by atoms with van der Waals surface area (Å²) in [5.41, 5.74) is 2.34. The number of carbonyl (C=O) groups is 1. The number of urea groups is 1. The Kier molecular flexibility index (Phi) is 7.33. The van der Waals surface area contributed by atoms with Gasteiger partial charge in [0, 0.05) is 24.6 Å². The van der Waals surface area contributed by atoms with E-state index in [0.29, 0.717) is 30.0 Å². The summed E-state index contributed by atoms with van der Waals surface area (Å²) < 4.78 is 24.2. The third-order valence-corrected chi connectivity index (χ3v) is 4.84. The number of benzene rings is 2. The molecule has 31 heavy (non-hydrogen) atoms. The summed E-state index contributed by atoms with van der Waals surface area (Å²) in [6.07, 6.45) is 0.221. The monoisotopic (exact) mass is 429 g/mol. The van der Waals surface area contributed by atoms with Crippen LogP contribution in [0.5, 0.6) is 11.5 Å². The first kappa shape index (κ1) is 22.4. The fourth-order valence-electron chi connectivity index (χ4n) is 3.37. The summed E-state index contributed by atoms with van der Waals surface area (Å²) in [6, 6.07) is 11.5. The number of rotatable bonds is 8. The lowest BCUT2D eigenvalue weighted by Crippen LogP contribution is -2.45. The Labute approximate surface area is 181 Å². The average Bonchev–Trinajstić information content (AvgIpc) is 3.21. The highest BCUT2D eigenvalue weighted by molar-refractivity contribution is 6.01. The lowest BCUT2D eigenvalue weighted by molar-refractivity contribution is 0.0586. The van der Waals surface area contributed by atoms with Crippen molar-refractivity contribution in [3.63, 3.8) is 0 Å². The van der Waals surface area contributed by atoms with Gasteiger partial charge in [-0.05, 0) is 49.7 Å². The van der Waals surface area contributed by atoms with Gasteiger partial charge in [-0.2, -0.15) is 0 Å². The van der Waals surface area contributed by atoms with Crippen LogP contribution in [0.4, 0.5) is 9.18 Å². The Balaban J connectivity index is 1.70. The van der Waals surface area contributed by atoms with Crippen molar-refractivity contribution in [2.45, 2.75) is 39.0 Å². The van der Waals surface area contributed by atoms with Gasteiger partial charge in [-0.3, -0.25) is 0 Å². The summed E-state index contributed by atoms with van der Waals surface area (Å²) in [4.78, 5) is 20.0. The molecule has 0 spiro atoms. The molecule has 1 aliphatic heterocycles. The van der Waals surface area contributed by atoms with E-state index in [-0.39, 0.29) is 30.5 Å². The van der Waals surface area contributed by atoms with Gasteiger partial charge in [-0.25, -0.2) is 9.18 Å². The van der Waals surface area contributed by atoms with Crippen LogP contribution in [-0.2, 0) is 11.4 Å². The van der Waals surface area contributed by atoms with Crippen LogP contribution in [0.2, 0.25) is 0 Å². The molecule has 0 saturated carbocycles. The molecule has 2 amide bonds. The fraction of sp³-hybridized carbons (Fsp3) is 0.391. The van der Waals surface area contributed by atoms with E-state index in [2.05, 4.69) is 10.5 Å². The third-order valence-electron chi connectivity index (χ3n) is 4.84. The van der Waals surface area contributed by atoms with E-state index >= 15 is 0 Å². The van der Waals surface area contributed by atoms with Crippen molar-refractivity contribution in [2.24, 2.45) is 5.16 Å². The molecule has 0 radical (unpaired) electrons. The highest BCUT2D eigenvalue weighted by Gasteiger charge is 2.27. The maximum absolute atomic E-state index is 13.6. The van der Waals surface area contributed by atoms with Gasteiger partial charge < -0.3 is 24.5 Å². The maximum Gasteiger partial charge on any atom is 0.318 e. The number of nitrogens with one attached hydrogen (secondary N) is 1. The summed E-state index contributed by atoms with van der Waals surface area (Å²) in [5, 5.41) is 7.11. The molecule has 7 nitrogen and oxygen atoms in total. The van der Waals surface area contributed by atoms with Crippen molar-refractivity contribution >= 4 is 11.7 Å². The van der Waals surface area contributed by atoms with Crippen LogP contribution in [-0.4, -0.2) is 49.6 Å². The number of methoxy groups -OCH3 is 2. The van der Waals surface area contributed by atoms with Crippen LogP contribution in [0.15, 0.2) is 47.6 Å². The number of amides is 2. The Morgan fingerprint density at radius 2 is 2.00 bits per heavy atom. The minimum absolute atomic E-state index is 0.0226. The predicted molar refractivity (Wildman–Crippen MR) is 116 cm³/mol. The predicted octanol–water partition coefficient (Wildman–Crippen LogP) is 3.96. The lowest BCUT2D eigenvalue weighted by Gasteiger charge is -2.26. The van der Waals surface area contributed by atoms with E-state index in [1.807, 2.05) is 32.0 Å². The van der Waals surface area contributed by atoms with Crippen molar-refractivity contribution in [2.75, 3.05) is 20.8 Å². The van der Waals surface area contributed by atoms with Crippen LogP contribution in [0.1, 0.15) is 31.4 Å². The number of nitrogens with zero attached hydrogens (tertiary/aromatic N) is 2. The van der Waals surface area contributed by atoms with Gasteiger partial charge in [0.05, 0.1) is 26.5 Å². The lowest BCUT2D eigenvalue weighted by atomic mass is 10.0. The zero-order valence-electron chi connectivity index (χ0n) is 18.2. The van der Waals surface area contributed by atoms with Crippen molar-refractivity contribution in [3.8, 4) is 11.5 Å². The quantitative estimate of drug-likeness (QED) is 0.690. The number of hydrogen-bond donors (Lipinski definition) is 1. The summed E-state index contributed by atoms with van der Waals surface area (Å²) in [6.45, 7) is 4.36. The van der Waals surface area contributed by atoms with Crippen LogP contribution in [0.25, 0.3) is 0 Å². The molecule has 1 atom stereocenters. The topological polar surface area (TPSA) is 72.4 Å². The zero-order chi connectivity index (χ0) is 22.4. The van der Waals surface area contributed by atoms with E-state index in [0.717, 1.165) is 11.3 Å². The Hall–Kier alpha value is -3.29. The largest absolute Gasteiger partial charge is 0.493 e. The molecule has 1 N–H and O–H groups in total. The van der Waals surface area contributed by atoms with E-state index in [1.165, 1.54) is 12.1 Å². The first-order chi connectivity index (χ1) is 14.9. The molecule has 1 unspecified atom stereocenters. The molecule has 1 heterocycles. The number of ether oxygens (including phenoxy) is 2. The van der Waals surface area contributed by atoms with Crippen molar-refractivity contribution in [3.05, 3.63) is 59.4 Å². The number of halogens is 1. The van der Waals surface area contributed by atoms with Gasteiger partial charge >= 0.3 is 6.03 Å². The second-order valence-corrected chi connectivity index (χ2v) is 7.65. The van der Waals surface area contributed by atoms with Gasteiger partial charge in [0.2, 0.25) is 0 Å². The minimum Gasteiger partial charge on any atom is -0.493 e. The molecule has 1 aliphatic rings. The van der Waals surface area contributed by atoms with E-state index in [4.69, 9.17) is 14.3 Å².